The van der Waals surface area contributed by atoms with Gasteiger partial charge in [0.1, 0.15) is 6.54 Å². The maximum Gasteiger partial charge on any atom is 0.407 e. The Morgan fingerprint density at radius 3 is 2.47 bits per heavy atom. The molecular formula is C28H27NO5. The van der Waals surface area contributed by atoms with E-state index in [1.165, 1.54) is 0 Å². The molecule has 0 spiro atoms. The molecule has 34 heavy (non-hydrogen) atoms. The van der Waals surface area contributed by atoms with Crippen molar-refractivity contribution in [2.45, 2.75) is 39.0 Å². The van der Waals surface area contributed by atoms with Crippen LogP contribution in [0.2, 0.25) is 0 Å². The average Bonchev–Trinajstić information content (AvgIpc) is 3.13. The molecule has 0 aliphatic heterocycles. The highest BCUT2D eigenvalue weighted by Crippen LogP contribution is 2.36. The van der Waals surface area contributed by atoms with Crippen molar-refractivity contribution in [3.63, 3.8) is 0 Å². The molecular weight excluding hydrogens is 430 g/mol. The summed E-state index contributed by atoms with van der Waals surface area (Å²) in [5.41, 5.74) is 4.07. The SMILES string of the molecule is CCCCOC(=O)CNC(=O)OCCCCC#CC#Cc1ccc2c(c1)C(=O)c1ccccc1-2. The van der Waals surface area contributed by atoms with Gasteiger partial charge in [-0.2, -0.15) is 0 Å². The molecule has 0 fully saturated rings. The van der Waals surface area contributed by atoms with Crippen LogP contribution < -0.4 is 5.32 Å². The third-order valence-corrected chi connectivity index (χ3v) is 5.15. The van der Waals surface area contributed by atoms with E-state index in [0.29, 0.717) is 25.0 Å². The van der Waals surface area contributed by atoms with Gasteiger partial charge < -0.3 is 14.8 Å². The van der Waals surface area contributed by atoms with Crippen LogP contribution in [0.3, 0.4) is 0 Å². The fraction of sp³-hybridized carbons (Fsp3) is 0.321. The number of esters is 1. The molecule has 2 aromatic carbocycles. The van der Waals surface area contributed by atoms with Crippen molar-refractivity contribution in [2.75, 3.05) is 19.8 Å². The summed E-state index contributed by atoms with van der Waals surface area (Å²) in [6, 6.07) is 13.3. The number of nitrogens with one attached hydrogen (secondary N) is 1. The highest BCUT2D eigenvalue weighted by molar-refractivity contribution is 6.21. The van der Waals surface area contributed by atoms with Crippen molar-refractivity contribution >= 4 is 17.8 Å². The van der Waals surface area contributed by atoms with Gasteiger partial charge in [0.25, 0.3) is 0 Å². The van der Waals surface area contributed by atoms with Crippen LogP contribution in [-0.2, 0) is 14.3 Å². The zero-order valence-electron chi connectivity index (χ0n) is 19.2. The van der Waals surface area contributed by atoms with E-state index in [0.717, 1.165) is 41.5 Å². The van der Waals surface area contributed by atoms with Crippen LogP contribution in [0.1, 0.15) is 60.5 Å². The summed E-state index contributed by atoms with van der Waals surface area (Å²) in [7, 11) is 0. The molecule has 1 aliphatic rings. The van der Waals surface area contributed by atoms with Crippen LogP contribution in [-0.4, -0.2) is 37.6 Å². The van der Waals surface area contributed by atoms with Gasteiger partial charge in [-0.1, -0.05) is 55.5 Å². The number of benzene rings is 2. The Bertz CT molecular complexity index is 1180. The number of hydrogen-bond acceptors (Lipinski definition) is 5. The smallest absolute Gasteiger partial charge is 0.407 e. The number of carbonyl (C=O) groups excluding carboxylic acids is 3. The molecule has 0 heterocycles. The Morgan fingerprint density at radius 1 is 0.882 bits per heavy atom. The molecule has 0 saturated carbocycles. The van der Waals surface area contributed by atoms with Crippen molar-refractivity contribution in [1.29, 1.82) is 0 Å². The van der Waals surface area contributed by atoms with Gasteiger partial charge in [0, 0.05) is 23.1 Å². The van der Waals surface area contributed by atoms with Crippen molar-refractivity contribution < 1.29 is 23.9 Å². The number of unbranched alkanes of at least 4 members (excludes halogenated alkanes) is 3. The first-order valence-electron chi connectivity index (χ1n) is 11.4. The van der Waals surface area contributed by atoms with E-state index in [1.54, 1.807) is 0 Å². The Labute approximate surface area is 200 Å². The predicted octanol–water partition coefficient (Wildman–Crippen LogP) is 4.49. The summed E-state index contributed by atoms with van der Waals surface area (Å²) in [6.07, 6.45) is 3.14. The van der Waals surface area contributed by atoms with Gasteiger partial charge >= 0.3 is 12.1 Å². The maximum atomic E-state index is 12.6. The van der Waals surface area contributed by atoms with Crippen LogP contribution >= 0.6 is 0 Å². The first-order chi connectivity index (χ1) is 16.6. The van der Waals surface area contributed by atoms with E-state index in [1.807, 2.05) is 49.4 Å². The molecule has 0 atom stereocenters. The summed E-state index contributed by atoms with van der Waals surface area (Å²) in [5.74, 6) is 11.2. The molecule has 6 nitrogen and oxygen atoms in total. The van der Waals surface area contributed by atoms with Crippen LogP contribution in [0.15, 0.2) is 42.5 Å². The summed E-state index contributed by atoms with van der Waals surface area (Å²) in [6.45, 7) is 2.41. The second-order valence-corrected chi connectivity index (χ2v) is 7.71. The number of rotatable bonds is 9. The molecule has 2 aromatic rings. The van der Waals surface area contributed by atoms with Crippen LogP contribution in [0.5, 0.6) is 0 Å². The first kappa shape index (κ1) is 24.6. The molecule has 6 heteroatoms. The minimum absolute atomic E-state index is 0.0307. The van der Waals surface area contributed by atoms with Crippen molar-refractivity contribution in [2.24, 2.45) is 0 Å². The summed E-state index contributed by atoms with van der Waals surface area (Å²) in [4.78, 5) is 35.5. The van der Waals surface area contributed by atoms with Gasteiger partial charge in [-0.05, 0) is 54.4 Å². The zero-order valence-corrected chi connectivity index (χ0v) is 19.2. The van der Waals surface area contributed by atoms with Crippen LogP contribution in [0.4, 0.5) is 4.79 Å². The van der Waals surface area contributed by atoms with Crippen molar-refractivity contribution in [3.8, 4) is 34.8 Å². The van der Waals surface area contributed by atoms with Gasteiger partial charge in [-0.25, -0.2) is 4.79 Å². The van der Waals surface area contributed by atoms with Crippen LogP contribution in [0, 0.1) is 23.7 Å². The Morgan fingerprint density at radius 2 is 1.65 bits per heavy atom. The quantitative estimate of drug-likeness (QED) is 0.291. The van der Waals surface area contributed by atoms with Gasteiger partial charge in [-0.15, -0.1) is 0 Å². The molecule has 0 saturated heterocycles. The summed E-state index contributed by atoms with van der Waals surface area (Å²) >= 11 is 0. The average molecular weight is 458 g/mol. The summed E-state index contributed by atoms with van der Waals surface area (Å²) < 4.78 is 9.95. The molecule has 0 radical (unpaired) electrons. The molecule has 0 aromatic heterocycles. The maximum absolute atomic E-state index is 12.6. The minimum Gasteiger partial charge on any atom is -0.464 e. The monoisotopic (exact) mass is 457 g/mol. The van der Waals surface area contributed by atoms with E-state index in [2.05, 4.69) is 29.0 Å². The minimum atomic E-state index is -0.639. The number of alkyl carbamates (subject to hydrolysis) is 1. The lowest BCUT2D eigenvalue weighted by Crippen LogP contribution is -2.31. The van der Waals surface area contributed by atoms with Crippen molar-refractivity contribution in [1.82, 2.24) is 5.32 Å². The lowest BCUT2D eigenvalue weighted by molar-refractivity contribution is -0.142. The fourth-order valence-electron chi connectivity index (χ4n) is 3.37. The van der Waals surface area contributed by atoms with E-state index < -0.39 is 12.1 Å². The lowest BCUT2D eigenvalue weighted by atomic mass is 10.0. The molecule has 3 rings (SSSR count). The Kier molecular flexibility index (Phi) is 9.31. The highest BCUT2D eigenvalue weighted by atomic mass is 16.6. The number of amides is 1. The number of ether oxygens (including phenoxy) is 2. The summed E-state index contributed by atoms with van der Waals surface area (Å²) in [5, 5.41) is 2.36. The molecule has 174 valence electrons. The normalized spacial score (nSPS) is 10.7. The Hall–Kier alpha value is -4.03. The molecule has 0 bridgehead atoms. The largest absolute Gasteiger partial charge is 0.464 e. The number of hydrogen-bond donors (Lipinski definition) is 1. The number of fused-ring (bicyclic) bond motifs is 3. The molecule has 1 N–H and O–H groups in total. The fourth-order valence-corrected chi connectivity index (χ4v) is 3.37. The highest BCUT2D eigenvalue weighted by Gasteiger charge is 2.25. The van der Waals surface area contributed by atoms with E-state index >= 15 is 0 Å². The van der Waals surface area contributed by atoms with Gasteiger partial charge in [-0.3, -0.25) is 9.59 Å². The van der Waals surface area contributed by atoms with Gasteiger partial charge in [0.05, 0.1) is 13.2 Å². The number of carbonyl (C=O) groups is 3. The number of ketones is 1. The topological polar surface area (TPSA) is 81.7 Å². The third kappa shape index (κ3) is 6.98. The Balaban J connectivity index is 1.33. The van der Waals surface area contributed by atoms with Crippen molar-refractivity contribution in [3.05, 3.63) is 59.2 Å². The molecule has 1 amide bonds. The van der Waals surface area contributed by atoms with Crippen LogP contribution in [0.25, 0.3) is 11.1 Å². The van der Waals surface area contributed by atoms with E-state index in [9.17, 15) is 14.4 Å². The van der Waals surface area contributed by atoms with Gasteiger partial charge in [0.15, 0.2) is 5.78 Å². The van der Waals surface area contributed by atoms with E-state index in [-0.39, 0.29) is 18.9 Å². The second-order valence-electron chi connectivity index (χ2n) is 7.71. The zero-order chi connectivity index (χ0) is 24.2. The third-order valence-electron chi connectivity index (χ3n) is 5.15. The first-order valence-corrected chi connectivity index (χ1v) is 11.4. The van der Waals surface area contributed by atoms with Gasteiger partial charge in [0.2, 0.25) is 0 Å². The predicted molar refractivity (Wildman–Crippen MR) is 129 cm³/mol. The second kappa shape index (κ2) is 12.9. The molecule has 0 unspecified atom stereocenters. The lowest BCUT2D eigenvalue weighted by Gasteiger charge is -2.06. The molecule has 1 aliphatic carbocycles. The van der Waals surface area contributed by atoms with E-state index in [4.69, 9.17) is 9.47 Å². The standard InChI is InChI=1S/C28H27NO5/c1-2-3-17-33-26(30)20-29-28(32)34-18-11-7-5-4-6-8-12-21-15-16-23-22-13-9-10-14-24(22)27(31)25(23)19-21/h9-10,13-16,19H,2-3,5,7,11,17-18,20H2,1H3,(H,29,32).